The molecule has 10 nitrogen and oxygen atoms in total. The highest BCUT2D eigenvalue weighted by Gasteiger charge is 2.26. The first-order valence-electron chi connectivity index (χ1n) is 12.9. The molecule has 2 aliphatic rings. The lowest BCUT2D eigenvalue weighted by atomic mass is 10.1. The van der Waals surface area contributed by atoms with Crippen molar-refractivity contribution in [3.05, 3.63) is 47.5 Å². The van der Waals surface area contributed by atoms with Crippen LogP contribution in [-0.2, 0) is 27.2 Å². The Labute approximate surface area is 224 Å². The molecular formula is C28H39N5O5. The van der Waals surface area contributed by atoms with Crippen LogP contribution in [-0.4, -0.2) is 60.9 Å². The molecule has 0 saturated carbocycles. The second kappa shape index (κ2) is 12.2. The standard InChI is InChI=1S/C18H27N3O4.C10H12N2O/c1-5-21-15-7-6-13(8-12(15)9-16(21)23)19-10-14(22)11-20-17(24)25-18(2,3)4;1-2-12-9-4-3-8(11)5-7(9)6-10(12)13/h6-8,14,19,22H,5,9-11H2,1-4H3,(H,20,24);3-5H,2,6,11H2,1H3/t14-;/m1./s1. The predicted octanol–water partition coefficient (Wildman–Crippen LogP) is 3.07. The Bertz CT molecular complexity index is 1180. The summed E-state index contributed by atoms with van der Waals surface area (Å²) < 4.78 is 5.11. The third-order valence-corrected chi connectivity index (χ3v) is 6.11. The molecular weight excluding hydrogens is 486 g/mol. The number of benzene rings is 2. The topological polar surface area (TPSA) is 137 Å². The highest BCUT2D eigenvalue weighted by Crippen LogP contribution is 2.31. The van der Waals surface area contributed by atoms with Crippen LogP contribution < -0.4 is 26.2 Å². The van der Waals surface area contributed by atoms with E-state index in [1.807, 2.05) is 50.2 Å². The monoisotopic (exact) mass is 525 g/mol. The van der Waals surface area contributed by atoms with Crippen LogP contribution in [0.3, 0.4) is 0 Å². The Balaban J connectivity index is 0.000000256. The summed E-state index contributed by atoms with van der Waals surface area (Å²) in [4.78, 5) is 38.5. The van der Waals surface area contributed by atoms with Gasteiger partial charge in [-0.1, -0.05) is 0 Å². The van der Waals surface area contributed by atoms with Crippen molar-refractivity contribution in [2.24, 2.45) is 0 Å². The Morgan fingerprint density at radius 3 is 2.08 bits per heavy atom. The van der Waals surface area contributed by atoms with Gasteiger partial charge in [0.25, 0.3) is 0 Å². The number of aliphatic hydroxyl groups is 1. The van der Waals surface area contributed by atoms with Crippen molar-refractivity contribution in [1.29, 1.82) is 0 Å². The first-order chi connectivity index (χ1) is 17.9. The lowest BCUT2D eigenvalue weighted by molar-refractivity contribution is -0.118. The van der Waals surface area contributed by atoms with Gasteiger partial charge in [0, 0.05) is 48.9 Å². The average Bonchev–Trinajstić information content (AvgIpc) is 3.33. The zero-order chi connectivity index (χ0) is 28.0. The van der Waals surface area contributed by atoms with Crippen molar-refractivity contribution in [2.75, 3.05) is 47.0 Å². The Morgan fingerprint density at radius 1 is 0.974 bits per heavy atom. The van der Waals surface area contributed by atoms with Crippen molar-refractivity contribution in [3.63, 3.8) is 0 Å². The molecule has 10 heteroatoms. The predicted molar refractivity (Wildman–Crippen MR) is 149 cm³/mol. The number of carbonyl (C=O) groups is 3. The number of anilines is 4. The number of ether oxygens (including phenoxy) is 1. The smallest absolute Gasteiger partial charge is 0.407 e. The minimum Gasteiger partial charge on any atom is -0.444 e. The molecule has 2 heterocycles. The van der Waals surface area contributed by atoms with E-state index in [0.29, 0.717) is 19.4 Å². The van der Waals surface area contributed by atoms with Gasteiger partial charge in [0.05, 0.1) is 18.9 Å². The van der Waals surface area contributed by atoms with Crippen molar-refractivity contribution in [2.45, 2.75) is 59.2 Å². The highest BCUT2D eigenvalue weighted by molar-refractivity contribution is 6.02. The molecule has 1 atom stereocenters. The number of amides is 3. The summed E-state index contributed by atoms with van der Waals surface area (Å²) >= 11 is 0. The lowest BCUT2D eigenvalue weighted by Crippen LogP contribution is -2.39. The number of hydrogen-bond donors (Lipinski definition) is 4. The maximum absolute atomic E-state index is 11.9. The van der Waals surface area contributed by atoms with Gasteiger partial charge >= 0.3 is 6.09 Å². The van der Waals surface area contributed by atoms with Crippen LogP contribution in [0.25, 0.3) is 0 Å². The summed E-state index contributed by atoms with van der Waals surface area (Å²) in [5.74, 6) is 0.277. The number of rotatable bonds is 7. The number of nitrogen functional groups attached to an aromatic ring is 1. The number of nitrogens with two attached hydrogens (primary N) is 1. The van der Waals surface area contributed by atoms with E-state index in [1.54, 1.807) is 30.6 Å². The molecule has 5 N–H and O–H groups in total. The van der Waals surface area contributed by atoms with Crippen LogP contribution in [0.15, 0.2) is 36.4 Å². The number of alkyl carbamates (subject to hydrolysis) is 1. The normalized spacial score (nSPS) is 14.9. The van der Waals surface area contributed by atoms with E-state index in [9.17, 15) is 19.5 Å². The Morgan fingerprint density at radius 2 is 1.53 bits per heavy atom. The van der Waals surface area contributed by atoms with Crippen molar-refractivity contribution in [1.82, 2.24) is 5.32 Å². The molecule has 4 rings (SSSR count). The summed E-state index contributed by atoms with van der Waals surface area (Å²) in [6.07, 6.45) is -0.410. The molecule has 0 spiro atoms. The van der Waals surface area contributed by atoms with E-state index in [1.165, 1.54) is 0 Å². The molecule has 0 saturated heterocycles. The molecule has 3 amide bonds. The van der Waals surface area contributed by atoms with Crippen LogP contribution in [0.2, 0.25) is 0 Å². The molecule has 0 aromatic heterocycles. The first-order valence-corrected chi connectivity index (χ1v) is 12.9. The summed E-state index contributed by atoms with van der Waals surface area (Å²) in [7, 11) is 0. The average molecular weight is 526 g/mol. The fraction of sp³-hybridized carbons (Fsp3) is 0.464. The third-order valence-electron chi connectivity index (χ3n) is 6.11. The Hall–Kier alpha value is -3.79. The second-order valence-corrected chi connectivity index (χ2v) is 10.3. The zero-order valence-electron chi connectivity index (χ0n) is 22.8. The van der Waals surface area contributed by atoms with Crippen LogP contribution in [0.5, 0.6) is 0 Å². The summed E-state index contributed by atoms with van der Waals surface area (Å²) in [5.41, 5.74) is 10.6. The van der Waals surface area contributed by atoms with E-state index in [-0.39, 0.29) is 24.9 Å². The fourth-order valence-corrected chi connectivity index (χ4v) is 4.41. The Kier molecular flexibility index (Phi) is 9.22. The van der Waals surface area contributed by atoms with E-state index in [4.69, 9.17) is 10.5 Å². The van der Waals surface area contributed by atoms with Gasteiger partial charge < -0.3 is 36.0 Å². The zero-order valence-corrected chi connectivity index (χ0v) is 22.8. The summed E-state index contributed by atoms with van der Waals surface area (Å²) in [6.45, 7) is 11.0. The van der Waals surface area contributed by atoms with Crippen LogP contribution >= 0.6 is 0 Å². The molecule has 2 aromatic rings. The van der Waals surface area contributed by atoms with Gasteiger partial charge in [0.15, 0.2) is 0 Å². The van der Waals surface area contributed by atoms with E-state index in [2.05, 4.69) is 10.6 Å². The molecule has 2 aliphatic heterocycles. The molecule has 2 aromatic carbocycles. The number of carbonyl (C=O) groups excluding carboxylic acids is 3. The SMILES string of the molecule is CCN1C(=O)Cc2cc(N)ccc21.CCN1C(=O)Cc2cc(NC[C@@H](O)CNC(=O)OC(C)(C)C)ccc21. The lowest BCUT2D eigenvalue weighted by Gasteiger charge is -2.21. The van der Waals surface area contributed by atoms with Gasteiger partial charge in [-0.15, -0.1) is 0 Å². The maximum atomic E-state index is 11.9. The van der Waals surface area contributed by atoms with Crippen LogP contribution in [0, 0.1) is 0 Å². The second-order valence-electron chi connectivity index (χ2n) is 10.3. The van der Waals surface area contributed by atoms with Gasteiger partial charge in [0.2, 0.25) is 11.8 Å². The molecule has 0 radical (unpaired) electrons. The quantitative estimate of drug-likeness (QED) is 0.408. The van der Waals surface area contributed by atoms with Gasteiger partial charge in [-0.25, -0.2) is 4.79 Å². The van der Waals surface area contributed by atoms with Gasteiger partial charge in [-0.3, -0.25) is 9.59 Å². The minimum atomic E-state index is -0.755. The molecule has 206 valence electrons. The number of nitrogens with one attached hydrogen (secondary N) is 2. The molecule has 0 unspecified atom stereocenters. The van der Waals surface area contributed by atoms with Crippen LogP contribution in [0.4, 0.5) is 27.5 Å². The summed E-state index contributed by atoms with van der Waals surface area (Å²) in [6, 6.07) is 11.4. The van der Waals surface area contributed by atoms with Crippen molar-refractivity contribution < 1.29 is 24.2 Å². The third kappa shape index (κ3) is 7.38. The van der Waals surface area contributed by atoms with Gasteiger partial charge in [0.1, 0.15) is 5.60 Å². The number of hydrogen-bond acceptors (Lipinski definition) is 7. The molecule has 0 bridgehead atoms. The largest absolute Gasteiger partial charge is 0.444 e. The molecule has 0 fully saturated rings. The van der Waals surface area contributed by atoms with Gasteiger partial charge in [-0.2, -0.15) is 0 Å². The van der Waals surface area contributed by atoms with Crippen LogP contribution in [0.1, 0.15) is 45.7 Å². The number of nitrogens with zero attached hydrogens (tertiary/aromatic N) is 2. The van der Waals surface area contributed by atoms with Gasteiger partial charge in [-0.05, 0) is 82.1 Å². The van der Waals surface area contributed by atoms with E-state index in [0.717, 1.165) is 40.4 Å². The molecule has 38 heavy (non-hydrogen) atoms. The first kappa shape index (κ1) is 28.8. The molecule has 0 aliphatic carbocycles. The maximum Gasteiger partial charge on any atom is 0.407 e. The highest BCUT2D eigenvalue weighted by atomic mass is 16.6. The van der Waals surface area contributed by atoms with E-state index < -0.39 is 17.8 Å². The minimum absolute atomic E-state index is 0.0922. The van der Waals surface area contributed by atoms with E-state index >= 15 is 0 Å². The number of likely N-dealkylation sites (N-methyl/N-ethyl adjacent to an activating group) is 2. The fourth-order valence-electron chi connectivity index (χ4n) is 4.41. The number of fused-ring (bicyclic) bond motifs is 2. The van der Waals surface area contributed by atoms with Crippen molar-refractivity contribution in [3.8, 4) is 0 Å². The van der Waals surface area contributed by atoms with Crippen molar-refractivity contribution >= 4 is 40.7 Å². The number of aliphatic hydroxyl groups excluding tert-OH is 1. The summed E-state index contributed by atoms with van der Waals surface area (Å²) in [5, 5.41) is 15.6.